The number of aliphatic imine (C=N–C) groups is 1. The minimum absolute atomic E-state index is 0.108. The molecule has 0 aliphatic carbocycles. The van der Waals surface area contributed by atoms with E-state index in [4.69, 9.17) is 5.73 Å². The maximum atomic E-state index is 11.2. The van der Waals surface area contributed by atoms with Gasteiger partial charge in [-0.1, -0.05) is 12.1 Å². The van der Waals surface area contributed by atoms with Crippen molar-refractivity contribution in [1.82, 2.24) is 5.32 Å². The molecule has 0 spiro atoms. The van der Waals surface area contributed by atoms with Gasteiger partial charge in [0.15, 0.2) is 0 Å². The van der Waals surface area contributed by atoms with Crippen molar-refractivity contribution in [3.63, 3.8) is 0 Å². The van der Waals surface area contributed by atoms with E-state index in [1.54, 1.807) is 38.4 Å². The summed E-state index contributed by atoms with van der Waals surface area (Å²) in [5.41, 5.74) is 7.03. The molecule has 74 valence electrons. The highest BCUT2D eigenvalue weighted by molar-refractivity contribution is 5.99. The first kappa shape index (κ1) is 10.2. The van der Waals surface area contributed by atoms with Crippen LogP contribution in [-0.2, 0) is 0 Å². The number of nitrogens with one attached hydrogen (secondary N) is 1. The van der Waals surface area contributed by atoms with E-state index in [0.717, 1.165) is 5.56 Å². The van der Waals surface area contributed by atoms with Gasteiger partial charge < -0.3 is 11.1 Å². The number of amidine groups is 1. The molecule has 0 heterocycles. The summed E-state index contributed by atoms with van der Waals surface area (Å²) in [5, 5.41) is 2.54. The summed E-state index contributed by atoms with van der Waals surface area (Å²) in [7, 11) is 3.22. The van der Waals surface area contributed by atoms with Gasteiger partial charge in [0.25, 0.3) is 5.91 Å². The van der Waals surface area contributed by atoms with Crippen molar-refractivity contribution in [1.29, 1.82) is 0 Å². The normalized spacial score (nSPS) is 11.1. The zero-order valence-corrected chi connectivity index (χ0v) is 8.24. The Labute approximate surface area is 82.8 Å². The average molecular weight is 191 g/mol. The number of nitrogens with two attached hydrogens (primary N) is 1. The third-order valence-corrected chi connectivity index (χ3v) is 1.91. The maximum Gasteiger partial charge on any atom is 0.251 e. The van der Waals surface area contributed by atoms with Crippen LogP contribution >= 0.6 is 0 Å². The molecule has 0 bridgehead atoms. The van der Waals surface area contributed by atoms with Crippen LogP contribution in [0.1, 0.15) is 15.9 Å². The molecule has 1 amide bonds. The Morgan fingerprint density at radius 2 is 1.79 bits per heavy atom. The standard InChI is InChI=1S/C10H13N3O/c1-12-9(11)7-3-5-8(6-4-7)10(14)13-2/h3-6H,1-2H3,(H2,11,12)(H,13,14). The van der Waals surface area contributed by atoms with E-state index < -0.39 is 0 Å². The summed E-state index contributed by atoms with van der Waals surface area (Å²) in [6, 6.07) is 6.97. The highest BCUT2D eigenvalue weighted by atomic mass is 16.1. The minimum atomic E-state index is -0.108. The van der Waals surface area contributed by atoms with Gasteiger partial charge >= 0.3 is 0 Å². The van der Waals surface area contributed by atoms with Crippen LogP contribution in [0.15, 0.2) is 29.3 Å². The van der Waals surface area contributed by atoms with Crippen LogP contribution < -0.4 is 11.1 Å². The van der Waals surface area contributed by atoms with Crippen molar-refractivity contribution in [3.8, 4) is 0 Å². The molecule has 0 saturated heterocycles. The lowest BCUT2D eigenvalue weighted by atomic mass is 10.1. The third-order valence-electron chi connectivity index (χ3n) is 1.91. The van der Waals surface area contributed by atoms with Crippen molar-refractivity contribution in [2.24, 2.45) is 10.7 Å². The molecule has 0 unspecified atom stereocenters. The van der Waals surface area contributed by atoms with E-state index in [1.807, 2.05) is 0 Å². The predicted octanol–water partition coefficient (Wildman–Crippen LogP) is 0.381. The number of nitrogens with zero attached hydrogens (tertiary/aromatic N) is 1. The fraction of sp³-hybridized carbons (Fsp3) is 0.200. The van der Waals surface area contributed by atoms with Gasteiger partial charge in [-0.3, -0.25) is 9.79 Å². The second kappa shape index (κ2) is 4.41. The molecule has 0 aliphatic heterocycles. The van der Waals surface area contributed by atoms with Gasteiger partial charge in [-0.05, 0) is 12.1 Å². The Balaban J connectivity index is 2.95. The van der Waals surface area contributed by atoms with E-state index in [-0.39, 0.29) is 5.91 Å². The lowest BCUT2D eigenvalue weighted by Gasteiger charge is -2.02. The first-order chi connectivity index (χ1) is 6.69. The number of carbonyl (C=O) groups is 1. The van der Waals surface area contributed by atoms with Crippen molar-refractivity contribution >= 4 is 11.7 Å². The van der Waals surface area contributed by atoms with E-state index >= 15 is 0 Å². The lowest BCUT2D eigenvalue weighted by molar-refractivity contribution is 0.0963. The smallest absolute Gasteiger partial charge is 0.251 e. The number of rotatable bonds is 2. The summed E-state index contributed by atoms with van der Waals surface area (Å²) in [6.45, 7) is 0. The summed E-state index contributed by atoms with van der Waals surface area (Å²) >= 11 is 0. The number of carbonyl (C=O) groups excluding carboxylic acids is 1. The van der Waals surface area contributed by atoms with E-state index in [9.17, 15) is 4.79 Å². The van der Waals surface area contributed by atoms with Gasteiger partial charge in [-0.2, -0.15) is 0 Å². The number of benzene rings is 1. The number of amides is 1. The van der Waals surface area contributed by atoms with Crippen LogP contribution in [0.3, 0.4) is 0 Å². The molecule has 0 saturated carbocycles. The van der Waals surface area contributed by atoms with Crippen molar-refractivity contribution in [2.45, 2.75) is 0 Å². The molecule has 1 aromatic rings. The van der Waals surface area contributed by atoms with Crippen molar-refractivity contribution in [2.75, 3.05) is 14.1 Å². The molecule has 1 aromatic carbocycles. The molecule has 14 heavy (non-hydrogen) atoms. The topological polar surface area (TPSA) is 67.5 Å². The van der Waals surface area contributed by atoms with Crippen LogP contribution in [0.25, 0.3) is 0 Å². The second-order valence-corrected chi connectivity index (χ2v) is 2.77. The van der Waals surface area contributed by atoms with Crippen LogP contribution in [0.2, 0.25) is 0 Å². The average Bonchev–Trinajstić information content (AvgIpc) is 2.27. The Kier molecular flexibility index (Phi) is 3.23. The van der Waals surface area contributed by atoms with E-state index in [0.29, 0.717) is 11.4 Å². The summed E-state index contributed by atoms with van der Waals surface area (Å²) in [4.78, 5) is 15.0. The molecule has 1 rings (SSSR count). The summed E-state index contributed by atoms with van der Waals surface area (Å²) in [6.07, 6.45) is 0. The molecule has 0 atom stereocenters. The summed E-state index contributed by atoms with van der Waals surface area (Å²) < 4.78 is 0. The van der Waals surface area contributed by atoms with Gasteiger partial charge in [-0.15, -0.1) is 0 Å². The first-order valence-electron chi connectivity index (χ1n) is 4.23. The fourth-order valence-corrected chi connectivity index (χ4v) is 1.07. The lowest BCUT2D eigenvalue weighted by Crippen LogP contribution is -2.18. The molecule has 0 fully saturated rings. The van der Waals surface area contributed by atoms with Crippen LogP contribution in [0, 0.1) is 0 Å². The Hall–Kier alpha value is -1.84. The Morgan fingerprint density at radius 1 is 1.29 bits per heavy atom. The Bertz CT molecular complexity index is 354. The molecule has 3 N–H and O–H groups in total. The van der Waals surface area contributed by atoms with Crippen molar-refractivity contribution < 1.29 is 4.79 Å². The predicted molar refractivity (Wildman–Crippen MR) is 56.5 cm³/mol. The summed E-state index contributed by atoms with van der Waals surface area (Å²) in [5.74, 6) is 0.358. The third kappa shape index (κ3) is 2.10. The van der Waals surface area contributed by atoms with Gasteiger partial charge in [-0.25, -0.2) is 0 Å². The monoisotopic (exact) mass is 191 g/mol. The van der Waals surface area contributed by atoms with Crippen LogP contribution in [0.4, 0.5) is 0 Å². The molecular weight excluding hydrogens is 178 g/mol. The van der Waals surface area contributed by atoms with E-state index in [1.165, 1.54) is 0 Å². The second-order valence-electron chi connectivity index (χ2n) is 2.77. The zero-order chi connectivity index (χ0) is 10.6. The van der Waals surface area contributed by atoms with Gasteiger partial charge in [0.2, 0.25) is 0 Å². The van der Waals surface area contributed by atoms with E-state index in [2.05, 4.69) is 10.3 Å². The van der Waals surface area contributed by atoms with Crippen LogP contribution in [0.5, 0.6) is 0 Å². The molecule has 4 heteroatoms. The van der Waals surface area contributed by atoms with Gasteiger partial charge in [0.1, 0.15) is 5.84 Å². The quantitative estimate of drug-likeness (QED) is 0.524. The molecular formula is C10H13N3O. The highest BCUT2D eigenvalue weighted by Crippen LogP contribution is 2.03. The molecule has 0 radical (unpaired) electrons. The first-order valence-corrected chi connectivity index (χ1v) is 4.23. The number of hydrogen-bond acceptors (Lipinski definition) is 2. The SMILES string of the molecule is CN=C(N)c1ccc(C(=O)NC)cc1. The van der Waals surface area contributed by atoms with Crippen LogP contribution in [-0.4, -0.2) is 25.8 Å². The maximum absolute atomic E-state index is 11.2. The fourth-order valence-electron chi connectivity index (χ4n) is 1.07. The Morgan fingerprint density at radius 3 is 2.21 bits per heavy atom. The molecule has 4 nitrogen and oxygen atoms in total. The molecule has 0 aromatic heterocycles. The molecule has 0 aliphatic rings. The van der Waals surface area contributed by atoms with Gasteiger partial charge in [0, 0.05) is 25.2 Å². The highest BCUT2D eigenvalue weighted by Gasteiger charge is 2.03. The van der Waals surface area contributed by atoms with Crippen molar-refractivity contribution in [3.05, 3.63) is 35.4 Å². The number of hydrogen-bond donors (Lipinski definition) is 2. The largest absolute Gasteiger partial charge is 0.384 e. The zero-order valence-electron chi connectivity index (χ0n) is 8.24. The van der Waals surface area contributed by atoms with Gasteiger partial charge in [0.05, 0.1) is 0 Å². The minimum Gasteiger partial charge on any atom is -0.384 e.